The summed E-state index contributed by atoms with van der Waals surface area (Å²) in [6.07, 6.45) is 16.2. The minimum atomic E-state index is -6.00. The largest absolute Gasteiger partial charge is 0.673 e. The molecule has 0 N–H and O–H groups in total. The van der Waals surface area contributed by atoms with Gasteiger partial charge in [-0.25, -0.2) is 0 Å². The molecule has 0 bridgehead atoms. The van der Waals surface area contributed by atoms with E-state index in [1.165, 1.54) is 70.4 Å². The first-order valence-electron chi connectivity index (χ1n) is 7.57. The van der Waals surface area contributed by atoms with Gasteiger partial charge in [0.1, 0.15) is 0 Å². The summed E-state index contributed by atoms with van der Waals surface area (Å²) in [6, 6.07) is 0. The predicted molar refractivity (Wildman–Crippen MR) is 82.5 cm³/mol. The van der Waals surface area contributed by atoms with Crippen LogP contribution in [0.15, 0.2) is 0 Å². The van der Waals surface area contributed by atoms with Crippen molar-refractivity contribution in [3.05, 3.63) is 0 Å². The number of halogens is 4. The van der Waals surface area contributed by atoms with E-state index in [9.17, 15) is 17.3 Å². The Bertz CT molecular complexity index is 147. The van der Waals surface area contributed by atoms with Crippen LogP contribution in [0, 0.1) is 0 Å². The van der Waals surface area contributed by atoms with Crippen LogP contribution in [-0.4, -0.2) is 20.1 Å². The molecule has 0 aromatic carbocycles. The summed E-state index contributed by atoms with van der Waals surface area (Å²) in [4.78, 5) is 0. The molecule has 0 heterocycles. The van der Waals surface area contributed by atoms with E-state index in [2.05, 4.69) is 13.6 Å². The van der Waals surface area contributed by atoms with Crippen LogP contribution in [0.3, 0.4) is 0 Å². The minimum Gasteiger partial charge on any atom is -0.418 e. The van der Waals surface area contributed by atoms with Gasteiger partial charge in [-0.15, -0.1) is 0 Å². The van der Waals surface area contributed by atoms with Crippen molar-refractivity contribution in [2.45, 2.75) is 71.1 Å². The fraction of sp³-hybridized carbons (Fsp3) is 1.00. The van der Waals surface area contributed by atoms with Gasteiger partial charge in [-0.3, -0.25) is 0 Å². The van der Waals surface area contributed by atoms with Crippen molar-refractivity contribution in [2.75, 3.05) is 12.8 Å². The summed E-state index contributed by atoms with van der Waals surface area (Å²) in [5, 5.41) is 0. The van der Waals surface area contributed by atoms with Crippen LogP contribution in [0.2, 0.25) is 0 Å². The molecule has 1 atom stereocenters. The van der Waals surface area contributed by atoms with E-state index in [0.717, 1.165) is 8.58 Å². The lowest BCUT2D eigenvalue weighted by atomic mass is 10.1. The molecule has 118 valence electrons. The Morgan fingerprint density at radius 1 is 0.684 bits per heavy atom. The van der Waals surface area contributed by atoms with Crippen LogP contribution in [0.1, 0.15) is 71.1 Å². The van der Waals surface area contributed by atoms with Gasteiger partial charge in [-0.2, -0.15) is 0 Å². The Labute approximate surface area is 118 Å². The fourth-order valence-electron chi connectivity index (χ4n) is 1.84. The van der Waals surface area contributed by atoms with Gasteiger partial charge in [0.15, 0.2) is 0 Å². The molecule has 0 nitrogen and oxygen atoms in total. The maximum atomic E-state index is 9.75. The lowest BCUT2D eigenvalue weighted by Crippen LogP contribution is -2.02. The maximum Gasteiger partial charge on any atom is 0.673 e. The highest BCUT2D eigenvalue weighted by atomic mass is 31.1. The van der Waals surface area contributed by atoms with Crippen molar-refractivity contribution in [1.29, 1.82) is 0 Å². The van der Waals surface area contributed by atoms with Crippen LogP contribution >= 0.6 is 8.58 Å². The fourth-order valence-corrected chi connectivity index (χ4v) is 2.53. The third-order valence-electron chi connectivity index (χ3n) is 2.85. The van der Waals surface area contributed by atoms with Gasteiger partial charge in [-0.05, 0) is 21.4 Å². The Kier molecular flexibility index (Phi) is 18.4. The average Bonchev–Trinajstić information content (AvgIpc) is 2.29. The minimum absolute atomic E-state index is 0.765. The number of rotatable bonds is 11. The second-order valence-corrected chi connectivity index (χ2v) is 6.27. The highest BCUT2D eigenvalue weighted by molar-refractivity contribution is 7.36. The Balaban J connectivity index is 0. The van der Waals surface area contributed by atoms with E-state index in [4.69, 9.17) is 0 Å². The Morgan fingerprint density at radius 3 is 1.32 bits per heavy atom. The zero-order chi connectivity index (χ0) is 15.0. The summed E-state index contributed by atoms with van der Waals surface area (Å²) in [5.74, 6) is 0. The predicted octanol–water partition coefficient (Wildman–Crippen LogP) is 6.25. The van der Waals surface area contributed by atoms with E-state index in [1.54, 1.807) is 0 Å². The number of hydrogen-bond acceptors (Lipinski definition) is 0. The lowest BCUT2D eigenvalue weighted by molar-refractivity contribution is 0.368. The van der Waals surface area contributed by atoms with Gasteiger partial charge < -0.3 is 17.3 Å². The van der Waals surface area contributed by atoms with Crippen molar-refractivity contribution in [1.82, 2.24) is 0 Å². The second-order valence-electron chi connectivity index (χ2n) is 4.87. The molecular formula is C13H30BF4P. The number of unbranched alkanes of at least 4 members (excludes halogenated alkanes) is 9. The van der Waals surface area contributed by atoms with Crippen LogP contribution < -0.4 is 0 Å². The van der Waals surface area contributed by atoms with E-state index < -0.39 is 7.25 Å². The standard InChI is InChI=1S/C13H29P.BF4/c1-3-4-5-6-7-8-9-10-11-12-13-14-2;2-1(3,4)5/h14H,3-13H2,1-2H3;/q;-1/p+1. The van der Waals surface area contributed by atoms with Crippen molar-refractivity contribution >= 4 is 15.8 Å². The van der Waals surface area contributed by atoms with E-state index in [0.29, 0.717) is 0 Å². The monoisotopic (exact) mass is 304 g/mol. The molecule has 0 spiro atoms. The van der Waals surface area contributed by atoms with Gasteiger partial charge in [-0.1, -0.05) is 58.3 Å². The van der Waals surface area contributed by atoms with Crippen LogP contribution in [0.25, 0.3) is 0 Å². The van der Waals surface area contributed by atoms with Gasteiger partial charge in [0.25, 0.3) is 0 Å². The Morgan fingerprint density at radius 2 is 1.00 bits per heavy atom. The van der Waals surface area contributed by atoms with E-state index in [-0.39, 0.29) is 0 Å². The molecule has 0 aliphatic heterocycles. The first-order chi connectivity index (χ1) is 8.91. The summed E-state index contributed by atoms with van der Waals surface area (Å²) >= 11 is 0. The first-order valence-corrected chi connectivity index (χ1v) is 9.54. The molecule has 0 fully saturated rings. The quantitative estimate of drug-likeness (QED) is 0.183. The van der Waals surface area contributed by atoms with Crippen LogP contribution in [0.5, 0.6) is 0 Å². The third-order valence-corrected chi connectivity index (χ3v) is 3.83. The Hall–Kier alpha value is 0.215. The zero-order valence-electron chi connectivity index (χ0n) is 12.4. The maximum absolute atomic E-state index is 9.75. The highest BCUT2D eigenvalue weighted by Crippen LogP contribution is 2.12. The average molecular weight is 304 g/mol. The smallest absolute Gasteiger partial charge is 0.418 e. The zero-order valence-corrected chi connectivity index (χ0v) is 13.6. The van der Waals surface area contributed by atoms with Crippen molar-refractivity contribution in [3.63, 3.8) is 0 Å². The van der Waals surface area contributed by atoms with Crippen LogP contribution in [0.4, 0.5) is 17.3 Å². The van der Waals surface area contributed by atoms with Crippen molar-refractivity contribution < 1.29 is 17.3 Å². The topological polar surface area (TPSA) is 0 Å². The SMILES string of the molecule is CCCCCCCCCCCC[PH2+]C.F[B-](F)(F)F. The summed E-state index contributed by atoms with van der Waals surface area (Å²) in [5.41, 5.74) is 0. The molecule has 6 heteroatoms. The molecule has 0 aromatic rings. The normalized spacial score (nSPS) is 11.7. The summed E-state index contributed by atoms with van der Waals surface area (Å²) in [7, 11) is -5.23. The van der Waals surface area contributed by atoms with E-state index >= 15 is 0 Å². The van der Waals surface area contributed by atoms with Crippen molar-refractivity contribution in [2.24, 2.45) is 0 Å². The van der Waals surface area contributed by atoms with Crippen molar-refractivity contribution in [3.8, 4) is 0 Å². The third kappa shape index (κ3) is 38.1. The van der Waals surface area contributed by atoms with Gasteiger partial charge >= 0.3 is 7.25 Å². The first kappa shape index (κ1) is 21.5. The molecule has 0 aliphatic rings. The second kappa shape index (κ2) is 16.3. The van der Waals surface area contributed by atoms with Gasteiger partial charge in [0.2, 0.25) is 0 Å². The molecule has 1 unspecified atom stereocenters. The molecule has 0 radical (unpaired) electrons. The molecule has 0 saturated carbocycles. The van der Waals surface area contributed by atoms with Gasteiger partial charge in [0, 0.05) is 6.66 Å². The molecule has 0 rings (SSSR count). The summed E-state index contributed by atoms with van der Waals surface area (Å²) in [6.45, 7) is 4.66. The lowest BCUT2D eigenvalue weighted by Gasteiger charge is -2.00. The molecule has 19 heavy (non-hydrogen) atoms. The summed E-state index contributed by atoms with van der Waals surface area (Å²) < 4.78 is 39.0. The molecule has 0 aromatic heterocycles. The molecule has 0 aliphatic carbocycles. The highest BCUT2D eigenvalue weighted by Gasteiger charge is 2.20. The molecular weight excluding hydrogens is 274 g/mol. The molecule has 0 amide bonds. The molecule has 0 saturated heterocycles. The number of hydrogen-bond donors (Lipinski definition) is 0. The van der Waals surface area contributed by atoms with Crippen LogP contribution in [-0.2, 0) is 0 Å². The van der Waals surface area contributed by atoms with Gasteiger partial charge in [0.05, 0.1) is 6.16 Å². The van der Waals surface area contributed by atoms with E-state index in [1.807, 2.05) is 0 Å².